The van der Waals surface area contributed by atoms with Crippen LogP contribution in [0.2, 0.25) is 5.02 Å². The van der Waals surface area contributed by atoms with Crippen LogP contribution in [-0.4, -0.2) is 28.5 Å². The molecule has 34 heavy (non-hydrogen) atoms. The Morgan fingerprint density at radius 3 is 2.59 bits per heavy atom. The summed E-state index contributed by atoms with van der Waals surface area (Å²) < 4.78 is 44.2. The molecule has 0 atom stereocenters. The summed E-state index contributed by atoms with van der Waals surface area (Å²) in [6, 6.07) is 14.3. The summed E-state index contributed by atoms with van der Waals surface area (Å²) >= 11 is 6.61. The Balaban J connectivity index is 1.44. The molecule has 4 rings (SSSR count). The number of benzene rings is 2. The maximum atomic E-state index is 12.8. The number of halogens is 4. The minimum absolute atomic E-state index is 0.0452. The van der Waals surface area contributed by atoms with Crippen molar-refractivity contribution < 1.29 is 32.0 Å². The molecule has 0 bridgehead atoms. The zero-order valence-corrected chi connectivity index (χ0v) is 18.6. The van der Waals surface area contributed by atoms with Crippen LogP contribution in [0.5, 0.6) is 0 Å². The Labute approximate surface area is 200 Å². The summed E-state index contributed by atoms with van der Waals surface area (Å²) in [5.74, 6) is -0.707. The van der Waals surface area contributed by atoms with Crippen molar-refractivity contribution in [2.75, 3.05) is 11.9 Å². The first-order valence-electron chi connectivity index (χ1n) is 9.68. The first-order valence-corrected chi connectivity index (χ1v) is 10.9. The number of nitrogens with zero attached hydrogens (tertiary/aromatic N) is 1. The lowest BCUT2D eigenvalue weighted by molar-refractivity contribution is -0.137. The topological polar surface area (TPSA) is 79.6 Å². The van der Waals surface area contributed by atoms with Crippen molar-refractivity contribution in [2.45, 2.75) is 6.18 Å². The Kier molecular flexibility index (Phi) is 6.54. The lowest BCUT2D eigenvalue weighted by Crippen LogP contribution is -2.36. The first kappa shape index (κ1) is 23.7. The summed E-state index contributed by atoms with van der Waals surface area (Å²) in [5, 5.41) is 2.11. The van der Waals surface area contributed by atoms with Crippen LogP contribution in [0.3, 0.4) is 0 Å². The lowest BCUT2D eigenvalue weighted by atomic mass is 10.2. The fourth-order valence-corrected chi connectivity index (χ4v) is 4.12. The van der Waals surface area contributed by atoms with Gasteiger partial charge in [0.15, 0.2) is 0 Å². The van der Waals surface area contributed by atoms with Crippen molar-refractivity contribution in [3.63, 3.8) is 0 Å². The molecule has 1 saturated heterocycles. The summed E-state index contributed by atoms with van der Waals surface area (Å²) in [7, 11) is 0. The molecular weight excluding hydrogens is 493 g/mol. The number of hydrogen-bond donors (Lipinski definition) is 1. The number of imide groups is 1. The van der Waals surface area contributed by atoms with E-state index in [0.717, 1.165) is 23.8 Å². The molecule has 0 unspecified atom stereocenters. The van der Waals surface area contributed by atoms with Crippen molar-refractivity contribution >= 4 is 52.2 Å². The summed E-state index contributed by atoms with van der Waals surface area (Å²) in [5.41, 5.74) is -0.312. The molecule has 3 amide bonds. The summed E-state index contributed by atoms with van der Waals surface area (Å²) in [4.78, 5) is 38.0. The van der Waals surface area contributed by atoms with Crippen LogP contribution in [-0.2, 0) is 15.8 Å². The van der Waals surface area contributed by atoms with Gasteiger partial charge < -0.3 is 9.73 Å². The molecule has 6 nitrogen and oxygen atoms in total. The van der Waals surface area contributed by atoms with E-state index in [4.69, 9.17) is 16.0 Å². The minimum atomic E-state index is -4.57. The highest BCUT2D eigenvalue weighted by molar-refractivity contribution is 8.18. The SMILES string of the molecule is O=C(CN1C(=O)S/C(=C/c2ccc(-c3cccc(Cl)c3)o2)C1=O)Nc1cccc(C(F)(F)F)c1. The molecule has 0 saturated carbocycles. The van der Waals surface area contributed by atoms with Crippen LogP contribution < -0.4 is 5.32 Å². The Hall–Kier alpha value is -3.50. The van der Waals surface area contributed by atoms with Gasteiger partial charge in [0.05, 0.1) is 10.5 Å². The molecule has 1 aliphatic heterocycles. The Morgan fingerprint density at radius 1 is 1.09 bits per heavy atom. The number of anilines is 1. The molecule has 1 aliphatic rings. The van der Waals surface area contributed by atoms with Crippen molar-refractivity contribution in [1.82, 2.24) is 4.90 Å². The average Bonchev–Trinajstić information content (AvgIpc) is 3.34. The maximum absolute atomic E-state index is 12.8. The molecular formula is C23H14ClF3N2O4S. The highest BCUT2D eigenvalue weighted by Crippen LogP contribution is 2.34. The van der Waals surface area contributed by atoms with Gasteiger partial charge in [-0.3, -0.25) is 19.3 Å². The monoisotopic (exact) mass is 506 g/mol. The average molecular weight is 507 g/mol. The number of nitrogens with one attached hydrogen (secondary N) is 1. The molecule has 1 fully saturated rings. The third kappa shape index (κ3) is 5.35. The van der Waals surface area contributed by atoms with Crippen molar-refractivity contribution in [3.8, 4) is 11.3 Å². The van der Waals surface area contributed by atoms with E-state index in [9.17, 15) is 27.6 Å². The molecule has 0 radical (unpaired) electrons. The first-order chi connectivity index (χ1) is 16.1. The van der Waals surface area contributed by atoms with E-state index >= 15 is 0 Å². The van der Waals surface area contributed by atoms with E-state index in [1.54, 1.807) is 36.4 Å². The minimum Gasteiger partial charge on any atom is -0.457 e. The molecule has 11 heteroatoms. The number of amides is 3. The van der Waals surface area contributed by atoms with Crippen LogP contribution in [0, 0.1) is 0 Å². The fourth-order valence-electron chi connectivity index (χ4n) is 3.11. The van der Waals surface area contributed by atoms with Crippen LogP contribution >= 0.6 is 23.4 Å². The molecule has 0 spiro atoms. The fraction of sp³-hybridized carbons (Fsp3) is 0.0870. The van der Waals surface area contributed by atoms with Gasteiger partial charge >= 0.3 is 6.18 Å². The quantitative estimate of drug-likeness (QED) is 0.411. The molecule has 1 N–H and O–H groups in total. The van der Waals surface area contributed by atoms with E-state index in [-0.39, 0.29) is 10.6 Å². The van der Waals surface area contributed by atoms with Crippen LogP contribution in [0.4, 0.5) is 23.7 Å². The second kappa shape index (κ2) is 9.40. The highest BCUT2D eigenvalue weighted by Gasteiger charge is 2.37. The smallest absolute Gasteiger partial charge is 0.416 e. The van der Waals surface area contributed by atoms with Crippen LogP contribution in [0.1, 0.15) is 11.3 Å². The van der Waals surface area contributed by atoms with Gasteiger partial charge in [0, 0.05) is 22.3 Å². The zero-order chi connectivity index (χ0) is 24.5. The normalized spacial score (nSPS) is 15.3. The molecule has 2 heterocycles. The number of furan rings is 1. The van der Waals surface area contributed by atoms with E-state index in [2.05, 4.69) is 5.32 Å². The van der Waals surface area contributed by atoms with Crippen molar-refractivity contribution in [3.05, 3.63) is 81.9 Å². The zero-order valence-electron chi connectivity index (χ0n) is 17.1. The van der Waals surface area contributed by atoms with Crippen molar-refractivity contribution in [1.29, 1.82) is 0 Å². The van der Waals surface area contributed by atoms with Crippen LogP contribution in [0.25, 0.3) is 17.4 Å². The molecule has 174 valence electrons. The molecule has 0 aliphatic carbocycles. The van der Waals surface area contributed by atoms with E-state index in [0.29, 0.717) is 33.2 Å². The number of thioether (sulfide) groups is 1. The molecule has 2 aromatic carbocycles. The number of rotatable bonds is 5. The number of carbonyl (C=O) groups is 3. The summed E-state index contributed by atoms with van der Waals surface area (Å²) in [6.07, 6.45) is -3.19. The second-order valence-electron chi connectivity index (χ2n) is 7.11. The predicted molar refractivity (Wildman–Crippen MR) is 122 cm³/mol. The standard InChI is InChI=1S/C23H14ClF3N2O4S/c24-15-5-1-3-13(9-15)18-8-7-17(33-18)11-19-21(31)29(22(32)34-19)12-20(30)28-16-6-2-4-14(10-16)23(25,26)27/h1-11H,12H2,(H,28,30)/b19-11+. The van der Waals surface area contributed by atoms with Gasteiger partial charge in [-0.1, -0.05) is 29.8 Å². The number of carbonyl (C=O) groups excluding carboxylic acids is 3. The Morgan fingerprint density at radius 2 is 1.85 bits per heavy atom. The number of alkyl halides is 3. The van der Waals surface area contributed by atoms with E-state index in [1.165, 1.54) is 12.1 Å². The number of hydrogen-bond acceptors (Lipinski definition) is 5. The van der Waals surface area contributed by atoms with Gasteiger partial charge in [-0.15, -0.1) is 0 Å². The van der Waals surface area contributed by atoms with Gasteiger partial charge in [-0.2, -0.15) is 13.2 Å². The van der Waals surface area contributed by atoms with Gasteiger partial charge in [0.25, 0.3) is 11.1 Å². The largest absolute Gasteiger partial charge is 0.457 e. The maximum Gasteiger partial charge on any atom is 0.416 e. The van der Waals surface area contributed by atoms with E-state index in [1.807, 2.05) is 0 Å². The third-order valence-electron chi connectivity index (χ3n) is 4.66. The lowest BCUT2D eigenvalue weighted by Gasteiger charge is -2.13. The van der Waals surface area contributed by atoms with Gasteiger partial charge in [0.1, 0.15) is 18.1 Å². The van der Waals surface area contributed by atoms with Gasteiger partial charge in [-0.05, 0) is 54.2 Å². The third-order valence-corrected chi connectivity index (χ3v) is 5.80. The predicted octanol–water partition coefficient (Wildman–Crippen LogP) is 6.29. The van der Waals surface area contributed by atoms with E-state index < -0.39 is 35.3 Å². The molecule has 3 aromatic rings. The van der Waals surface area contributed by atoms with Gasteiger partial charge in [-0.25, -0.2) is 0 Å². The van der Waals surface area contributed by atoms with Crippen LogP contribution in [0.15, 0.2) is 70.0 Å². The van der Waals surface area contributed by atoms with Gasteiger partial charge in [0.2, 0.25) is 5.91 Å². The van der Waals surface area contributed by atoms with Crippen molar-refractivity contribution in [2.24, 2.45) is 0 Å². The highest BCUT2D eigenvalue weighted by atomic mass is 35.5. The summed E-state index contributed by atoms with van der Waals surface area (Å²) in [6.45, 7) is -0.649. The molecule has 1 aromatic heterocycles. The second-order valence-corrected chi connectivity index (χ2v) is 8.54. The Bertz CT molecular complexity index is 1320.